The Balaban J connectivity index is 0.00000300. The third-order valence-corrected chi connectivity index (χ3v) is 4.97. The topological polar surface area (TPSA) is 99.5 Å². The molecule has 9 nitrogen and oxygen atoms in total. The van der Waals surface area contributed by atoms with E-state index in [0.717, 1.165) is 37.2 Å². The van der Waals surface area contributed by atoms with Crippen LogP contribution in [-0.2, 0) is 6.54 Å². The average molecular weight is 426 g/mol. The van der Waals surface area contributed by atoms with Gasteiger partial charge in [-0.25, -0.2) is 4.68 Å². The molecule has 29 heavy (non-hydrogen) atoms. The quantitative estimate of drug-likeness (QED) is 0.698. The molecule has 2 N–H and O–H groups in total. The lowest BCUT2D eigenvalue weighted by molar-refractivity contribution is 0.0945. The van der Waals surface area contributed by atoms with E-state index in [1.807, 2.05) is 11.6 Å². The first kappa shape index (κ1) is 22.8. The molecule has 0 saturated carbocycles. The number of rotatable bonds is 7. The summed E-state index contributed by atoms with van der Waals surface area (Å²) in [6.07, 6.45) is 1.97. The monoisotopic (exact) mass is 425 g/mol. The lowest BCUT2D eigenvalue weighted by Crippen LogP contribution is -2.30. The maximum Gasteiger partial charge on any atom is 0.274 e. The molecule has 1 aliphatic heterocycles. The van der Waals surface area contributed by atoms with E-state index in [2.05, 4.69) is 20.9 Å². The molecule has 1 aliphatic rings. The number of hydrogen-bond acceptors (Lipinski definition) is 7. The number of carbonyl (C=O) groups excluding carboxylic acids is 1. The van der Waals surface area contributed by atoms with Crippen molar-refractivity contribution in [2.45, 2.75) is 32.4 Å². The summed E-state index contributed by atoms with van der Waals surface area (Å²) in [5.41, 5.74) is 1.96. The van der Waals surface area contributed by atoms with Gasteiger partial charge in [-0.15, -0.1) is 17.5 Å². The molecule has 160 valence electrons. The fourth-order valence-corrected chi connectivity index (χ4v) is 3.45. The van der Waals surface area contributed by atoms with Crippen LogP contribution in [0.25, 0.3) is 0 Å². The van der Waals surface area contributed by atoms with Gasteiger partial charge in [0.25, 0.3) is 5.91 Å². The molecular weight excluding hydrogens is 398 g/mol. The van der Waals surface area contributed by atoms with Crippen LogP contribution in [0, 0.1) is 6.92 Å². The Morgan fingerprint density at radius 3 is 2.34 bits per heavy atom. The summed E-state index contributed by atoms with van der Waals surface area (Å²) in [7, 11) is 4.67. The Kier molecular flexibility index (Phi) is 8.10. The molecular formula is C19H28ClN5O4. The molecule has 0 aliphatic carbocycles. The number of amides is 1. The van der Waals surface area contributed by atoms with Crippen LogP contribution in [0.5, 0.6) is 17.2 Å². The van der Waals surface area contributed by atoms with Gasteiger partial charge in [-0.3, -0.25) is 4.79 Å². The van der Waals surface area contributed by atoms with E-state index in [1.165, 1.54) is 0 Å². The molecule has 10 heteroatoms. The van der Waals surface area contributed by atoms with Crippen molar-refractivity contribution in [3.05, 3.63) is 29.1 Å². The molecule has 1 aromatic carbocycles. The Morgan fingerprint density at radius 1 is 1.17 bits per heavy atom. The van der Waals surface area contributed by atoms with E-state index in [4.69, 9.17) is 14.2 Å². The predicted molar refractivity (Wildman–Crippen MR) is 110 cm³/mol. The maximum absolute atomic E-state index is 12.6. The van der Waals surface area contributed by atoms with Crippen LogP contribution in [0.3, 0.4) is 0 Å². The first-order valence-electron chi connectivity index (χ1n) is 9.28. The molecule has 0 spiro atoms. The average Bonchev–Trinajstić information content (AvgIpc) is 3.13. The fourth-order valence-electron chi connectivity index (χ4n) is 3.45. The van der Waals surface area contributed by atoms with Crippen molar-refractivity contribution in [2.75, 3.05) is 34.4 Å². The highest BCUT2D eigenvalue weighted by atomic mass is 35.5. The lowest BCUT2D eigenvalue weighted by Gasteiger charge is -2.23. The smallest absolute Gasteiger partial charge is 0.274 e. The first-order valence-corrected chi connectivity index (χ1v) is 9.28. The second-order valence-corrected chi connectivity index (χ2v) is 6.67. The first-order chi connectivity index (χ1) is 13.6. The highest BCUT2D eigenvalue weighted by molar-refractivity contribution is 5.93. The Labute approximate surface area is 176 Å². The Bertz CT molecular complexity index is 811. The van der Waals surface area contributed by atoms with Crippen molar-refractivity contribution < 1.29 is 19.0 Å². The van der Waals surface area contributed by atoms with Crippen LogP contribution in [0.15, 0.2) is 12.1 Å². The predicted octanol–water partition coefficient (Wildman–Crippen LogP) is 1.89. The van der Waals surface area contributed by atoms with Gasteiger partial charge in [0.2, 0.25) is 5.75 Å². The molecule has 1 saturated heterocycles. The number of nitrogens with zero attached hydrogens (tertiary/aromatic N) is 3. The number of methoxy groups -OCH3 is 3. The second-order valence-electron chi connectivity index (χ2n) is 6.67. The van der Waals surface area contributed by atoms with E-state index in [9.17, 15) is 4.79 Å². The number of aromatic nitrogens is 3. The molecule has 2 heterocycles. The number of ether oxygens (including phenoxy) is 3. The minimum atomic E-state index is -0.258. The van der Waals surface area contributed by atoms with Gasteiger partial charge in [0, 0.05) is 6.54 Å². The van der Waals surface area contributed by atoms with Gasteiger partial charge in [-0.05, 0) is 50.6 Å². The molecule has 1 aromatic heterocycles. The van der Waals surface area contributed by atoms with Gasteiger partial charge in [-0.1, -0.05) is 5.21 Å². The summed E-state index contributed by atoms with van der Waals surface area (Å²) >= 11 is 0. The van der Waals surface area contributed by atoms with E-state index < -0.39 is 0 Å². The van der Waals surface area contributed by atoms with Gasteiger partial charge >= 0.3 is 0 Å². The lowest BCUT2D eigenvalue weighted by atomic mass is 10.1. The van der Waals surface area contributed by atoms with Crippen LogP contribution in [-0.4, -0.2) is 55.3 Å². The van der Waals surface area contributed by atoms with Crippen molar-refractivity contribution in [1.82, 2.24) is 25.6 Å². The van der Waals surface area contributed by atoms with Gasteiger partial charge in [-0.2, -0.15) is 0 Å². The van der Waals surface area contributed by atoms with Gasteiger partial charge in [0.15, 0.2) is 17.2 Å². The van der Waals surface area contributed by atoms with E-state index in [1.54, 1.807) is 33.5 Å². The minimum absolute atomic E-state index is 0. The van der Waals surface area contributed by atoms with Crippen LogP contribution < -0.4 is 24.8 Å². The van der Waals surface area contributed by atoms with Crippen molar-refractivity contribution in [3.8, 4) is 17.2 Å². The zero-order valence-electron chi connectivity index (χ0n) is 17.2. The van der Waals surface area contributed by atoms with Crippen molar-refractivity contribution in [3.63, 3.8) is 0 Å². The number of piperidine rings is 1. The molecule has 3 rings (SSSR count). The number of hydrogen-bond donors (Lipinski definition) is 2. The molecule has 1 fully saturated rings. The van der Waals surface area contributed by atoms with Crippen molar-refractivity contribution in [2.24, 2.45) is 0 Å². The fraction of sp³-hybridized carbons (Fsp3) is 0.526. The Morgan fingerprint density at radius 2 is 1.79 bits per heavy atom. The van der Waals surface area contributed by atoms with Gasteiger partial charge < -0.3 is 24.8 Å². The molecule has 2 aromatic rings. The summed E-state index contributed by atoms with van der Waals surface area (Å²) in [6, 6.07) is 3.89. The summed E-state index contributed by atoms with van der Waals surface area (Å²) in [5, 5.41) is 14.5. The van der Waals surface area contributed by atoms with Crippen LogP contribution in [0.4, 0.5) is 0 Å². The summed E-state index contributed by atoms with van der Waals surface area (Å²) < 4.78 is 17.9. The van der Waals surface area contributed by atoms with Gasteiger partial charge in [0.05, 0.1) is 33.1 Å². The minimum Gasteiger partial charge on any atom is -0.493 e. The third-order valence-electron chi connectivity index (χ3n) is 4.97. The summed E-state index contributed by atoms with van der Waals surface area (Å²) in [5.74, 6) is 1.34. The zero-order valence-corrected chi connectivity index (χ0v) is 18.0. The maximum atomic E-state index is 12.6. The zero-order chi connectivity index (χ0) is 20.1. The standard InChI is InChI=1S/C19H27N5O4.ClH/c1-12-17(22-23-24(12)14-5-7-20-8-6-14)19(25)21-11-13-9-15(26-2)18(28-4)16(10-13)27-3;/h9-10,14,20H,5-8,11H2,1-4H3,(H,21,25);1H. The highest BCUT2D eigenvalue weighted by Gasteiger charge is 2.23. The third kappa shape index (κ3) is 4.91. The molecule has 1 amide bonds. The Hall–Kier alpha value is -2.52. The van der Waals surface area contributed by atoms with E-state index >= 15 is 0 Å². The van der Waals surface area contributed by atoms with Crippen molar-refractivity contribution in [1.29, 1.82) is 0 Å². The molecule has 0 unspecified atom stereocenters. The number of benzene rings is 1. The SMILES string of the molecule is COc1cc(CNC(=O)c2nnn(C3CCNCC3)c2C)cc(OC)c1OC.Cl. The number of halogens is 1. The summed E-state index contributed by atoms with van der Waals surface area (Å²) in [4.78, 5) is 12.6. The van der Waals surface area contributed by atoms with Crippen LogP contribution >= 0.6 is 12.4 Å². The van der Waals surface area contributed by atoms with Crippen LogP contribution in [0.2, 0.25) is 0 Å². The molecule has 0 radical (unpaired) electrons. The normalized spacial score (nSPS) is 14.1. The van der Waals surface area contributed by atoms with E-state index in [-0.39, 0.29) is 24.4 Å². The molecule has 0 atom stereocenters. The number of carbonyl (C=O) groups is 1. The van der Waals surface area contributed by atoms with Crippen LogP contribution in [0.1, 0.15) is 40.6 Å². The van der Waals surface area contributed by atoms with E-state index in [0.29, 0.717) is 29.5 Å². The summed E-state index contributed by atoms with van der Waals surface area (Å²) in [6.45, 7) is 4.09. The second kappa shape index (κ2) is 10.3. The largest absolute Gasteiger partial charge is 0.493 e. The van der Waals surface area contributed by atoms with Crippen molar-refractivity contribution >= 4 is 18.3 Å². The van der Waals surface area contributed by atoms with Gasteiger partial charge in [0.1, 0.15) is 0 Å². The number of nitrogens with one attached hydrogen (secondary N) is 2. The highest BCUT2D eigenvalue weighted by Crippen LogP contribution is 2.38. The molecule has 0 bridgehead atoms.